The van der Waals surface area contributed by atoms with Crippen molar-refractivity contribution in [1.82, 2.24) is 20.2 Å². The van der Waals surface area contributed by atoms with Crippen LogP contribution in [0.4, 0.5) is 0 Å². The van der Waals surface area contributed by atoms with E-state index >= 15 is 0 Å². The summed E-state index contributed by atoms with van der Waals surface area (Å²) in [4.78, 5) is 12.2. The van der Waals surface area contributed by atoms with Gasteiger partial charge in [-0.3, -0.25) is 4.79 Å². The molecule has 5 nitrogen and oxygen atoms in total. The van der Waals surface area contributed by atoms with Gasteiger partial charge in [0.15, 0.2) is 5.82 Å². The molecule has 19 heavy (non-hydrogen) atoms. The summed E-state index contributed by atoms with van der Waals surface area (Å²) in [6.07, 6.45) is 2.92. The van der Waals surface area contributed by atoms with Crippen molar-refractivity contribution in [2.24, 2.45) is 0 Å². The third-order valence-corrected chi connectivity index (χ3v) is 2.72. The number of carbonyl (C=O) groups excluding carboxylic acids is 1. The second-order valence-corrected chi connectivity index (χ2v) is 4.66. The van der Waals surface area contributed by atoms with Crippen LogP contribution in [0.1, 0.15) is 17.0 Å². The highest BCUT2D eigenvalue weighted by molar-refractivity contribution is 6.66. The Morgan fingerprint density at radius 2 is 2.26 bits per heavy atom. The number of tetrazole rings is 1. The van der Waals surface area contributed by atoms with E-state index in [1.165, 1.54) is 10.9 Å². The lowest BCUT2D eigenvalue weighted by molar-refractivity contribution is -0.107. The molecule has 1 aromatic heterocycles. The minimum atomic E-state index is -0.532. The topological polar surface area (TPSA) is 60.7 Å². The number of hydrogen-bond donors (Lipinski definition) is 0. The number of nitrogens with zero attached hydrogens (tertiary/aromatic N) is 4. The van der Waals surface area contributed by atoms with E-state index in [-0.39, 0.29) is 0 Å². The van der Waals surface area contributed by atoms with Gasteiger partial charge in [-0.15, -0.1) is 10.2 Å². The Bertz CT molecular complexity index is 636. The summed E-state index contributed by atoms with van der Waals surface area (Å²) in [6.45, 7) is 2.17. The first-order chi connectivity index (χ1) is 9.04. The van der Waals surface area contributed by atoms with E-state index in [0.717, 1.165) is 11.1 Å². The molecule has 98 valence electrons. The normalized spacial score (nSPS) is 11.1. The number of aromatic nitrogens is 4. The molecule has 0 unspecified atom stereocenters. The fraction of sp³-hybridized carbons (Fsp3) is 0.167. The Kier molecular flexibility index (Phi) is 4.29. The van der Waals surface area contributed by atoms with Crippen molar-refractivity contribution in [2.75, 3.05) is 0 Å². The summed E-state index contributed by atoms with van der Waals surface area (Å²) in [5.74, 6) is 0.593. The Hall–Kier alpha value is -1.72. The quantitative estimate of drug-likeness (QED) is 0.642. The van der Waals surface area contributed by atoms with Crippen molar-refractivity contribution in [3.63, 3.8) is 0 Å². The molecule has 0 aliphatic carbocycles. The molecule has 0 amide bonds. The largest absolute Gasteiger partial charge is 0.276 e. The van der Waals surface area contributed by atoms with Crippen molar-refractivity contribution in [3.8, 4) is 0 Å². The standard InChI is InChI=1S/C12H10Cl2N4O/c1-8-15-17-18(16-8)7-10-6-11(13)4-2-9(10)3-5-12(14)19/h2-6H,7H2,1H3/b5-3+/i12-1. The maximum Gasteiger partial charge on any atom is 0.245 e. The number of carbonyl (C=O) groups is 1. The predicted molar refractivity (Wildman–Crippen MR) is 73.0 cm³/mol. The molecule has 1 heterocycles. The van der Waals surface area contributed by atoms with E-state index in [1.54, 1.807) is 31.2 Å². The van der Waals surface area contributed by atoms with Gasteiger partial charge in [-0.25, -0.2) is 0 Å². The van der Waals surface area contributed by atoms with Gasteiger partial charge in [0, 0.05) is 5.02 Å². The molecule has 1 aromatic carbocycles. The highest BCUT2D eigenvalue weighted by atomic mass is 35.5. The van der Waals surface area contributed by atoms with E-state index in [4.69, 9.17) is 23.2 Å². The molecular formula is C12H10Cl2N4O. The zero-order valence-corrected chi connectivity index (χ0v) is 11.6. The molecule has 0 saturated heterocycles. The zero-order chi connectivity index (χ0) is 13.8. The first-order valence-electron chi connectivity index (χ1n) is 5.45. The van der Waals surface area contributed by atoms with Crippen molar-refractivity contribution in [2.45, 2.75) is 13.5 Å². The Morgan fingerprint density at radius 3 is 2.89 bits per heavy atom. The fourth-order valence-electron chi connectivity index (χ4n) is 1.57. The molecule has 0 fully saturated rings. The Labute approximate surface area is 119 Å². The molecule has 7 heteroatoms. The zero-order valence-electron chi connectivity index (χ0n) is 10.0. The summed E-state index contributed by atoms with van der Waals surface area (Å²) in [7, 11) is 0. The van der Waals surface area contributed by atoms with Crippen LogP contribution in [-0.4, -0.2) is 25.4 Å². The smallest absolute Gasteiger partial charge is 0.245 e. The van der Waals surface area contributed by atoms with Crippen LogP contribution in [0.3, 0.4) is 0 Å². The first-order valence-corrected chi connectivity index (χ1v) is 6.20. The monoisotopic (exact) mass is 295 g/mol. The van der Waals surface area contributed by atoms with Gasteiger partial charge in [-0.1, -0.05) is 17.7 Å². The number of aryl methyl sites for hydroxylation is 1. The summed E-state index contributed by atoms with van der Waals surface area (Å²) >= 11 is 11.3. The van der Waals surface area contributed by atoms with E-state index < -0.39 is 5.24 Å². The minimum Gasteiger partial charge on any atom is -0.276 e. The SMILES string of the molecule is Cc1nnn(Cc2cc(Cl)ccc2/C=C/[11C](=O)Cl)n1. The molecule has 0 aliphatic rings. The number of rotatable bonds is 4. The van der Waals surface area contributed by atoms with Crippen LogP contribution in [0.2, 0.25) is 5.02 Å². The van der Waals surface area contributed by atoms with Crippen LogP contribution >= 0.6 is 23.2 Å². The maximum atomic E-state index is 10.8. The lowest BCUT2D eigenvalue weighted by atomic mass is 10.0. The van der Waals surface area contributed by atoms with Gasteiger partial charge < -0.3 is 0 Å². The lowest BCUT2D eigenvalue weighted by Crippen LogP contribution is -2.05. The van der Waals surface area contributed by atoms with Gasteiger partial charge in [0.2, 0.25) is 5.24 Å². The first kappa shape index (κ1) is 13.7. The van der Waals surface area contributed by atoms with Crippen molar-refractivity contribution >= 4 is 34.5 Å². The Morgan fingerprint density at radius 1 is 1.47 bits per heavy atom. The molecule has 2 aromatic rings. The maximum absolute atomic E-state index is 10.8. The van der Waals surface area contributed by atoms with Gasteiger partial charge in [-0.2, -0.15) is 4.80 Å². The van der Waals surface area contributed by atoms with E-state index in [0.29, 0.717) is 17.4 Å². The van der Waals surface area contributed by atoms with Crippen LogP contribution in [0.15, 0.2) is 24.3 Å². The van der Waals surface area contributed by atoms with Crippen LogP contribution in [-0.2, 0) is 11.3 Å². The van der Waals surface area contributed by atoms with Gasteiger partial charge in [-0.05, 0) is 59.1 Å². The summed E-state index contributed by atoms with van der Waals surface area (Å²) in [6, 6.07) is 5.33. The van der Waals surface area contributed by atoms with Crippen LogP contribution in [0.5, 0.6) is 0 Å². The second kappa shape index (κ2) is 5.95. The molecule has 0 spiro atoms. The van der Waals surface area contributed by atoms with Crippen LogP contribution in [0, 0.1) is 6.92 Å². The van der Waals surface area contributed by atoms with Crippen LogP contribution < -0.4 is 0 Å². The van der Waals surface area contributed by atoms with E-state index in [2.05, 4.69) is 15.4 Å². The highest BCUT2D eigenvalue weighted by Gasteiger charge is 2.05. The number of hydrogen-bond acceptors (Lipinski definition) is 4. The van der Waals surface area contributed by atoms with Gasteiger partial charge in [0.05, 0.1) is 6.54 Å². The summed E-state index contributed by atoms with van der Waals surface area (Å²) in [5, 5.41) is 11.9. The molecule has 0 N–H and O–H groups in total. The number of halogens is 2. The van der Waals surface area contributed by atoms with Crippen molar-refractivity contribution in [3.05, 3.63) is 46.2 Å². The van der Waals surface area contributed by atoms with E-state index in [1.807, 2.05) is 0 Å². The molecule has 2 rings (SSSR count). The predicted octanol–water partition coefficient (Wildman–Crippen LogP) is 2.46. The molecule has 0 bridgehead atoms. The number of allylic oxidation sites excluding steroid dienone is 1. The third-order valence-electron chi connectivity index (χ3n) is 2.36. The lowest BCUT2D eigenvalue weighted by Gasteiger charge is -2.05. The van der Waals surface area contributed by atoms with Gasteiger partial charge >= 0.3 is 0 Å². The Balaban J connectivity index is 2.31. The molecule has 0 radical (unpaired) electrons. The molecule has 0 saturated carbocycles. The average Bonchev–Trinajstić information content (AvgIpc) is 2.73. The minimum absolute atomic E-state index is 0.414. The summed E-state index contributed by atoms with van der Waals surface area (Å²) < 4.78 is 0. The second-order valence-electron chi connectivity index (χ2n) is 3.85. The average molecular weight is 296 g/mol. The van der Waals surface area contributed by atoms with Crippen molar-refractivity contribution < 1.29 is 4.79 Å². The van der Waals surface area contributed by atoms with Crippen LogP contribution in [0.25, 0.3) is 6.08 Å². The van der Waals surface area contributed by atoms with Crippen molar-refractivity contribution in [1.29, 1.82) is 0 Å². The third kappa shape index (κ3) is 3.87. The summed E-state index contributed by atoms with van der Waals surface area (Å²) in [5.41, 5.74) is 1.70. The molecule has 0 aliphatic heterocycles. The molecular weight excluding hydrogens is 286 g/mol. The fourth-order valence-corrected chi connectivity index (χ4v) is 1.83. The van der Waals surface area contributed by atoms with Gasteiger partial charge in [0.1, 0.15) is 0 Å². The molecule has 0 atom stereocenters. The number of benzene rings is 1. The van der Waals surface area contributed by atoms with E-state index in [9.17, 15) is 4.79 Å². The highest BCUT2D eigenvalue weighted by Crippen LogP contribution is 2.18. The van der Waals surface area contributed by atoms with Gasteiger partial charge in [0.25, 0.3) is 0 Å².